The van der Waals surface area contributed by atoms with Crippen LogP contribution in [0.15, 0.2) is 50.8 Å². The molecule has 0 saturated carbocycles. The molecule has 178 valence electrons. The number of hydrogen-bond acceptors (Lipinski definition) is 9. The van der Waals surface area contributed by atoms with Crippen molar-refractivity contribution in [1.82, 2.24) is 19.6 Å². The maximum Gasteiger partial charge on any atom is 0.283 e. The zero-order chi connectivity index (χ0) is 24.5. The molecule has 1 aromatic carbocycles. The van der Waals surface area contributed by atoms with Gasteiger partial charge in [0.25, 0.3) is 11.5 Å². The summed E-state index contributed by atoms with van der Waals surface area (Å²) in [5.74, 6) is 0.146. The van der Waals surface area contributed by atoms with Crippen molar-refractivity contribution >= 4 is 56.1 Å². The van der Waals surface area contributed by atoms with Gasteiger partial charge in [-0.15, -0.1) is 0 Å². The van der Waals surface area contributed by atoms with Crippen LogP contribution in [0.25, 0.3) is 11.0 Å². The van der Waals surface area contributed by atoms with Crippen molar-refractivity contribution in [3.8, 4) is 5.75 Å². The monoisotopic (exact) mass is 507 g/mol. The number of amidine groups is 2. The molecule has 12 heteroatoms. The van der Waals surface area contributed by atoms with Crippen LogP contribution in [-0.2, 0) is 17.8 Å². The van der Waals surface area contributed by atoms with E-state index in [4.69, 9.17) is 10.1 Å². The van der Waals surface area contributed by atoms with Crippen LogP contribution in [0.2, 0.25) is 0 Å². The van der Waals surface area contributed by atoms with E-state index in [1.54, 1.807) is 30.3 Å². The number of aryl methyl sites for hydroxylation is 1. The number of fused-ring (bicyclic) bond motifs is 2. The highest BCUT2D eigenvalue weighted by atomic mass is 32.2. The van der Waals surface area contributed by atoms with E-state index in [0.29, 0.717) is 21.6 Å². The number of carbonyl (C=O) groups excluding carboxylic acids is 1. The number of aliphatic imine (C=N–C) groups is 1. The second-order valence-electron chi connectivity index (χ2n) is 7.75. The molecule has 0 radical (unpaired) electrons. The number of rotatable bonds is 7. The van der Waals surface area contributed by atoms with Gasteiger partial charge in [0.15, 0.2) is 5.84 Å². The van der Waals surface area contributed by atoms with Gasteiger partial charge < -0.3 is 4.74 Å². The predicted molar refractivity (Wildman–Crippen MR) is 137 cm³/mol. The van der Waals surface area contributed by atoms with Crippen molar-refractivity contribution < 1.29 is 9.53 Å². The highest BCUT2D eigenvalue weighted by Crippen LogP contribution is 2.30. The number of nitrogens with zero attached hydrogens (tertiary/aromatic N) is 6. The number of hydrazone groups is 1. The maximum absolute atomic E-state index is 12.5. The van der Waals surface area contributed by atoms with Crippen molar-refractivity contribution in [3.63, 3.8) is 0 Å². The van der Waals surface area contributed by atoms with E-state index in [2.05, 4.69) is 27.1 Å². The van der Waals surface area contributed by atoms with Gasteiger partial charge in [0.1, 0.15) is 22.4 Å². The largest absolute Gasteiger partial charge is 0.487 e. The average molecular weight is 508 g/mol. The third-order valence-electron chi connectivity index (χ3n) is 5.18. The number of amides is 1. The number of thioether (sulfide) groups is 1. The first-order valence-electron chi connectivity index (χ1n) is 11.1. The van der Waals surface area contributed by atoms with Gasteiger partial charge in [0, 0.05) is 6.07 Å². The van der Waals surface area contributed by atoms with Gasteiger partial charge >= 0.3 is 0 Å². The second-order valence-corrected chi connectivity index (χ2v) is 9.83. The van der Waals surface area contributed by atoms with E-state index in [1.165, 1.54) is 38.7 Å². The first kappa shape index (κ1) is 23.1. The normalized spacial score (nSPS) is 16.6. The van der Waals surface area contributed by atoms with Gasteiger partial charge in [0.2, 0.25) is 10.1 Å². The van der Waals surface area contributed by atoms with Gasteiger partial charge in [-0.1, -0.05) is 37.3 Å². The molecule has 0 fully saturated rings. The van der Waals surface area contributed by atoms with E-state index in [1.807, 2.05) is 6.92 Å². The fraction of sp³-hybridized carbons (Fsp3) is 0.261. The summed E-state index contributed by atoms with van der Waals surface area (Å²) in [6.45, 7) is 4.17. The molecular formula is C23H21N7O3S2. The zero-order valence-corrected chi connectivity index (χ0v) is 20.7. The smallest absolute Gasteiger partial charge is 0.283 e. The van der Waals surface area contributed by atoms with Crippen LogP contribution in [0.3, 0.4) is 0 Å². The average Bonchev–Trinajstić information content (AvgIpc) is 3.45. The molecule has 35 heavy (non-hydrogen) atoms. The van der Waals surface area contributed by atoms with Crippen LogP contribution in [0.5, 0.6) is 5.75 Å². The molecular weight excluding hydrogens is 486 g/mol. The molecule has 5 rings (SSSR count). The molecule has 0 aliphatic carbocycles. The number of benzene rings is 1. The molecule has 0 atom stereocenters. The fourth-order valence-electron chi connectivity index (χ4n) is 3.44. The van der Waals surface area contributed by atoms with Crippen LogP contribution in [0.4, 0.5) is 0 Å². The van der Waals surface area contributed by atoms with Crippen molar-refractivity contribution in [2.24, 2.45) is 10.1 Å². The Morgan fingerprint density at radius 3 is 2.71 bits per heavy atom. The van der Waals surface area contributed by atoms with Crippen molar-refractivity contribution in [3.05, 3.63) is 62.5 Å². The second kappa shape index (κ2) is 9.55. The molecule has 1 amide bonds. The van der Waals surface area contributed by atoms with Crippen molar-refractivity contribution in [2.45, 2.75) is 39.7 Å². The third-order valence-corrected chi connectivity index (χ3v) is 7.20. The summed E-state index contributed by atoms with van der Waals surface area (Å²) in [7, 11) is 0. The van der Waals surface area contributed by atoms with Gasteiger partial charge in [-0.05, 0) is 54.8 Å². The Bertz CT molecular complexity index is 1490. The molecule has 2 aliphatic heterocycles. The van der Waals surface area contributed by atoms with Crippen molar-refractivity contribution in [1.29, 1.82) is 5.41 Å². The summed E-state index contributed by atoms with van der Waals surface area (Å²) in [6.07, 6.45) is 4.07. The molecule has 2 aliphatic rings. The molecule has 0 spiro atoms. The van der Waals surface area contributed by atoms with E-state index >= 15 is 0 Å². The molecule has 0 bridgehead atoms. The Hall–Kier alpha value is -3.64. The van der Waals surface area contributed by atoms with Crippen molar-refractivity contribution in [2.75, 3.05) is 0 Å². The lowest BCUT2D eigenvalue weighted by molar-refractivity contribution is -0.114. The molecule has 1 N–H and O–H groups in total. The lowest BCUT2D eigenvalue weighted by Crippen LogP contribution is -2.35. The first-order chi connectivity index (χ1) is 16.9. The maximum atomic E-state index is 12.5. The minimum absolute atomic E-state index is 0.0148. The molecule has 3 aromatic rings. The minimum Gasteiger partial charge on any atom is -0.487 e. The number of hydrogen-bond donors (Lipinski definition) is 1. The number of ether oxygens (including phenoxy) is 1. The van der Waals surface area contributed by atoms with Gasteiger partial charge in [-0.25, -0.2) is 4.98 Å². The summed E-state index contributed by atoms with van der Waals surface area (Å²) >= 11 is 2.72. The lowest BCUT2D eigenvalue weighted by atomic mass is 10.1. The topological polar surface area (TPSA) is 125 Å². The summed E-state index contributed by atoms with van der Waals surface area (Å²) < 4.78 is 7.11. The Morgan fingerprint density at radius 2 is 1.97 bits per heavy atom. The SMILES string of the molecule is CCCC1=NN2C(=N)/C(=C\c3ccc(OCc4cc(=O)n5nc(CC)sc5n4)cc3)C(=O)N=C2S1. The van der Waals surface area contributed by atoms with Crippen LogP contribution in [0, 0.1) is 5.41 Å². The predicted octanol–water partition coefficient (Wildman–Crippen LogP) is 3.71. The van der Waals surface area contributed by atoms with Crippen LogP contribution in [0.1, 0.15) is 43.0 Å². The van der Waals surface area contributed by atoms with E-state index in [9.17, 15) is 9.59 Å². The highest BCUT2D eigenvalue weighted by molar-refractivity contribution is 8.26. The molecule has 0 saturated heterocycles. The van der Waals surface area contributed by atoms with E-state index in [0.717, 1.165) is 34.9 Å². The molecule has 2 aromatic heterocycles. The number of nitrogens with one attached hydrogen (secondary N) is 1. The number of aromatic nitrogens is 3. The standard InChI is InChI=1S/C23H21N7O3S2/c1-3-5-18-28-30-20(24)16(21(32)26-23(30)35-18)10-13-6-8-15(9-7-13)33-12-14-11-19(31)29-22(25-14)34-17(4-2)27-29/h6-11,24H,3-5,12H2,1-2H3/b16-10+,24-20?. The highest BCUT2D eigenvalue weighted by Gasteiger charge is 2.35. The van der Waals surface area contributed by atoms with Gasteiger partial charge in [0.05, 0.1) is 11.3 Å². The Morgan fingerprint density at radius 1 is 1.17 bits per heavy atom. The Labute approximate surface area is 208 Å². The van der Waals surface area contributed by atoms with Crippen LogP contribution >= 0.6 is 23.1 Å². The molecule has 10 nitrogen and oxygen atoms in total. The first-order valence-corrected chi connectivity index (χ1v) is 12.7. The minimum atomic E-state index is -0.455. The van der Waals surface area contributed by atoms with Gasteiger partial charge in [-0.3, -0.25) is 15.0 Å². The van der Waals surface area contributed by atoms with E-state index < -0.39 is 5.91 Å². The van der Waals surface area contributed by atoms with E-state index in [-0.39, 0.29) is 23.6 Å². The summed E-state index contributed by atoms with van der Waals surface area (Å²) in [6, 6.07) is 8.51. The quantitative estimate of drug-likeness (QED) is 0.483. The van der Waals surface area contributed by atoms with Crippen LogP contribution in [-0.4, -0.2) is 41.6 Å². The summed E-state index contributed by atoms with van der Waals surface area (Å²) in [5.41, 5.74) is 1.19. The lowest BCUT2D eigenvalue weighted by Gasteiger charge is -2.20. The Kier molecular flexibility index (Phi) is 6.31. The fourth-order valence-corrected chi connectivity index (χ4v) is 5.29. The Balaban J connectivity index is 1.29. The van der Waals surface area contributed by atoms with Crippen LogP contribution < -0.4 is 10.3 Å². The molecule has 4 heterocycles. The summed E-state index contributed by atoms with van der Waals surface area (Å²) in [4.78, 5) is 33.9. The summed E-state index contributed by atoms with van der Waals surface area (Å²) in [5, 5.41) is 20.6. The van der Waals surface area contributed by atoms with Gasteiger partial charge in [-0.2, -0.15) is 24.7 Å². The molecule has 0 unspecified atom stereocenters. The zero-order valence-electron chi connectivity index (χ0n) is 19.0. The number of carbonyl (C=O) groups is 1. The third kappa shape index (κ3) is 4.66.